The van der Waals surface area contributed by atoms with Crippen LogP contribution in [0.1, 0.15) is 81.8 Å². The Bertz CT molecular complexity index is 757. The van der Waals surface area contributed by atoms with Gasteiger partial charge in [0.2, 0.25) is 11.8 Å². The lowest BCUT2D eigenvalue weighted by Crippen LogP contribution is -2.43. The Morgan fingerprint density at radius 3 is 2.43 bits per heavy atom. The Balaban J connectivity index is 1.31. The molecule has 0 radical (unpaired) electrons. The van der Waals surface area contributed by atoms with E-state index >= 15 is 0 Å². The van der Waals surface area contributed by atoms with Crippen LogP contribution in [0.15, 0.2) is 0 Å². The van der Waals surface area contributed by atoms with Crippen molar-refractivity contribution in [2.24, 2.45) is 11.3 Å². The van der Waals surface area contributed by atoms with Crippen molar-refractivity contribution >= 4 is 11.8 Å². The van der Waals surface area contributed by atoms with Crippen molar-refractivity contribution in [1.29, 1.82) is 0 Å². The summed E-state index contributed by atoms with van der Waals surface area (Å²) in [6, 6.07) is 0. The van der Waals surface area contributed by atoms with E-state index in [1.54, 1.807) is 6.92 Å². The molecule has 1 unspecified atom stereocenters. The van der Waals surface area contributed by atoms with Gasteiger partial charge in [-0.05, 0) is 43.9 Å². The van der Waals surface area contributed by atoms with Gasteiger partial charge in [-0.2, -0.15) is 5.10 Å². The fourth-order valence-corrected chi connectivity index (χ4v) is 5.77. The minimum absolute atomic E-state index is 0.0598. The molecule has 2 amide bonds. The second-order valence-electron chi connectivity index (χ2n) is 9.47. The van der Waals surface area contributed by atoms with E-state index in [2.05, 4.69) is 15.1 Å². The number of nitrogens with zero attached hydrogens (tertiary/aromatic N) is 4. The fourth-order valence-electron chi connectivity index (χ4n) is 5.77. The highest BCUT2D eigenvalue weighted by Gasteiger charge is 2.52. The van der Waals surface area contributed by atoms with Crippen LogP contribution in [0.3, 0.4) is 0 Å². The van der Waals surface area contributed by atoms with Gasteiger partial charge in [0, 0.05) is 50.9 Å². The van der Waals surface area contributed by atoms with Crippen LogP contribution in [0.2, 0.25) is 0 Å². The standard InChI is InChI=1S/C21H31N5O2/c1-14(27)25-10-6-16(7-11-25)20(28)26-12-17(21(13-26)8-2-3-9-21)19-22-18(23-24-19)15-4-5-15/h15-17H,2-13H2,1H3,(H,22,23,24). The van der Waals surface area contributed by atoms with Crippen LogP contribution < -0.4 is 0 Å². The third-order valence-electron chi connectivity index (χ3n) is 7.64. The summed E-state index contributed by atoms with van der Waals surface area (Å²) >= 11 is 0. The maximum absolute atomic E-state index is 13.3. The summed E-state index contributed by atoms with van der Waals surface area (Å²) in [5.74, 6) is 3.29. The predicted molar refractivity (Wildman–Crippen MR) is 104 cm³/mol. The van der Waals surface area contributed by atoms with Gasteiger partial charge >= 0.3 is 0 Å². The van der Waals surface area contributed by atoms with E-state index in [1.807, 2.05) is 4.90 Å². The topological polar surface area (TPSA) is 82.2 Å². The highest BCUT2D eigenvalue weighted by Crippen LogP contribution is 2.53. The zero-order valence-electron chi connectivity index (χ0n) is 16.8. The van der Waals surface area contributed by atoms with Crippen molar-refractivity contribution in [2.45, 2.75) is 70.1 Å². The lowest BCUT2D eigenvalue weighted by molar-refractivity contribution is -0.139. The molecule has 0 bridgehead atoms. The molecular formula is C21H31N5O2. The van der Waals surface area contributed by atoms with E-state index in [4.69, 9.17) is 4.98 Å². The number of amides is 2. The molecule has 152 valence electrons. The average molecular weight is 386 g/mol. The molecule has 1 atom stereocenters. The zero-order chi connectivity index (χ0) is 19.3. The summed E-state index contributed by atoms with van der Waals surface area (Å²) in [5.41, 5.74) is 0.177. The quantitative estimate of drug-likeness (QED) is 0.866. The van der Waals surface area contributed by atoms with Crippen molar-refractivity contribution in [1.82, 2.24) is 25.0 Å². The van der Waals surface area contributed by atoms with Gasteiger partial charge in [0.15, 0.2) is 5.82 Å². The maximum Gasteiger partial charge on any atom is 0.225 e. The average Bonchev–Trinajstić information content (AvgIpc) is 3.12. The third-order valence-corrected chi connectivity index (χ3v) is 7.64. The second-order valence-corrected chi connectivity index (χ2v) is 9.47. The molecule has 2 aliphatic carbocycles. The van der Waals surface area contributed by atoms with E-state index < -0.39 is 0 Å². The molecule has 2 saturated heterocycles. The molecule has 4 aliphatic rings. The first-order chi connectivity index (χ1) is 13.6. The van der Waals surface area contributed by atoms with Gasteiger partial charge < -0.3 is 9.80 Å². The van der Waals surface area contributed by atoms with Crippen LogP contribution in [0.4, 0.5) is 0 Å². The molecule has 2 saturated carbocycles. The molecule has 2 aliphatic heterocycles. The molecule has 1 aromatic heterocycles. The lowest BCUT2D eigenvalue weighted by atomic mass is 9.76. The van der Waals surface area contributed by atoms with Crippen molar-refractivity contribution in [3.05, 3.63) is 11.6 Å². The van der Waals surface area contributed by atoms with Crippen molar-refractivity contribution in [3.8, 4) is 0 Å². The van der Waals surface area contributed by atoms with E-state index in [0.29, 0.717) is 24.9 Å². The molecule has 1 spiro atoms. The summed E-state index contributed by atoms with van der Waals surface area (Å²) in [7, 11) is 0. The second kappa shape index (κ2) is 6.85. The minimum atomic E-state index is 0.0598. The molecule has 7 nitrogen and oxygen atoms in total. The van der Waals surface area contributed by atoms with Crippen LogP contribution in [-0.2, 0) is 9.59 Å². The SMILES string of the molecule is CC(=O)N1CCC(C(=O)N2CC(c3nc(C4CC4)n[nH]3)C3(CCCC3)C2)CC1. The number of H-pyrrole nitrogens is 1. The number of nitrogens with one attached hydrogen (secondary N) is 1. The first kappa shape index (κ1) is 18.1. The Morgan fingerprint density at radius 2 is 1.79 bits per heavy atom. The fraction of sp³-hybridized carbons (Fsp3) is 0.810. The number of rotatable bonds is 3. The Hall–Kier alpha value is -1.92. The van der Waals surface area contributed by atoms with Gasteiger partial charge in [0.1, 0.15) is 5.82 Å². The molecule has 3 heterocycles. The Labute approximate surface area is 166 Å². The summed E-state index contributed by atoms with van der Waals surface area (Å²) in [6.45, 7) is 4.67. The van der Waals surface area contributed by atoms with Crippen LogP contribution in [0, 0.1) is 11.3 Å². The predicted octanol–water partition coefficient (Wildman–Crippen LogP) is 2.43. The van der Waals surface area contributed by atoms with Crippen LogP contribution in [-0.4, -0.2) is 63.0 Å². The smallest absolute Gasteiger partial charge is 0.225 e. The maximum atomic E-state index is 13.3. The minimum Gasteiger partial charge on any atom is -0.343 e. The highest BCUT2D eigenvalue weighted by molar-refractivity contribution is 5.80. The monoisotopic (exact) mass is 385 g/mol. The molecular weight excluding hydrogens is 354 g/mol. The Morgan fingerprint density at radius 1 is 1.07 bits per heavy atom. The van der Waals surface area contributed by atoms with Crippen LogP contribution in [0.5, 0.6) is 0 Å². The molecule has 1 N–H and O–H groups in total. The first-order valence-corrected chi connectivity index (χ1v) is 11.0. The van der Waals surface area contributed by atoms with Crippen LogP contribution >= 0.6 is 0 Å². The largest absolute Gasteiger partial charge is 0.343 e. The Kier molecular flexibility index (Phi) is 4.43. The molecule has 4 fully saturated rings. The highest BCUT2D eigenvalue weighted by atomic mass is 16.2. The number of likely N-dealkylation sites (tertiary alicyclic amines) is 2. The zero-order valence-corrected chi connectivity index (χ0v) is 16.8. The normalized spacial score (nSPS) is 27.7. The number of hydrogen-bond acceptors (Lipinski definition) is 4. The van der Waals surface area contributed by atoms with Gasteiger partial charge in [-0.3, -0.25) is 14.7 Å². The number of carbonyl (C=O) groups excluding carboxylic acids is 2. The number of aromatic nitrogens is 3. The number of carbonyl (C=O) groups is 2. The van der Waals surface area contributed by atoms with Crippen molar-refractivity contribution < 1.29 is 9.59 Å². The summed E-state index contributed by atoms with van der Waals surface area (Å²) in [5, 5.41) is 7.72. The van der Waals surface area contributed by atoms with Gasteiger partial charge in [0.25, 0.3) is 0 Å². The van der Waals surface area contributed by atoms with E-state index in [9.17, 15) is 9.59 Å². The van der Waals surface area contributed by atoms with Gasteiger partial charge in [-0.25, -0.2) is 4.98 Å². The van der Waals surface area contributed by atoms with Crippen molar-refractivity contribution in [3.63, 3.8) is 0 Å². The van der Waals surface area contributed by atoms with Gasteiger partial charge in [0.05, 0.1) is 0 Å². The molecule has 7 heteroatoms. The number of hydrogen-bond donors (Lipinski definition) is 1. The first-order valence-electron chi connectivity index (χ1n) is 11.0. The van der Waals surface area contributed by atoms with E-state index in [0.717, 1.165) is 37.6 Å². The van der Waals surface area contributed by atoms with E-state index in [-0.39, 0.29) is 23.2 Å². The van der Waals surface area contributed by atoms with Gasteiger partial charge in [-0.15, -0.1) is 0 Å². The number of piperidine rings is 1. The third kappa shape index (κ3) is 3.12. The summed E-state index contributed by atoms with van der Waals surface area (Å²) in [6.07, 6.45) is 8.86. The summed E-state index contributed by atoms with van der Waals surface area (Å²) in [4.78, 5) is 33.7. The number of aromatic amines is 1. The molecule has 1 aromatic rings. The summed E-state index contributed by atoms with van der Waals surface area (Å²) < 4.78 is 0. The molecule has 5 rings (SSSR count). The van der Waals surface area contributed by atoms with Crippen LogP contribution in [0.25, 0.3) is 0 Å². The molecule has 0 aromatic carbocycles. The van der Waals surface area contributed by atoms with E-state index in [1.165, 1.54) is 38.5 Å². The van der Waals surface area contributed by atoms with Crippen molar-refractivity contribution in [2.75, 3.05) is 26.2 Å². The lowest BCUT2D eigenvalue weighted by Gasteiger charge is -2.33. The van der Waals surface area contributed by atoms with Gasteiger partial charge in [-0.1, -0.05) is 12.8 Å². The molecule has 28 heavy (non-hydrogen) atoms.